The molecule has 22 heavy (non-hydrogen) atoms. The Morgan fingerprint density at radius 1 is 1.18 bits per heavy atom. The Bertz CT molecular complexity index is 589. The monoisotopic (exact) mass is 319 g/mol. The Morgan fingerprint density at radius 3 is 2.59 bits per heavy atom. The van der Waals surface area contributed by atoms with Gasteiger partial charge in [-0.1, -0.05) is 24.3 Å². The van der Waals surface area contributed by atoms with Gasteiger partial charge in [-0.2, -0.15) is 0 Å². The molecule has 0 aliphatic carbocycles. The third-order valence-electron chi connectivity index (χ3n) is 3.39. The number of benzene rings is 1. The van der Waals surface area contributed by atoms with Crippen molar-refractivity contribution < 1.29 is 4.79 Å². The summed E-state index contributed by atoms with van der Waals surface area (Å²) in [6.07, 6.45) is 2.57. The molecule has 1 unspecified atom stereocenters. The molecular weight excluding hydrogens is 298 g/mol. The summed E-state index contributed by atoms with van der Waals surface area (Å²) in [6.45, 7) is 2.79. The van der Waals surface area contributed by atoms with Gasteiger partial charge in [-0.25, -0.2) is 0 Å². The molecule has 1 atom stereocenters. The number of rotatable bonds is 6. The average molecular weight is 320 g/mol. The second-order valence-corrected chi connectivity index (χ2v) is 4.96. The Morgan fingerprint density at radius 2 is 1.91 bits per heavy atom. The van der Waals surface area contributed by atoms with E-state index in [4.69, 9.17) is 0 Å². The fraction of sp³-hybridized carbons (Fsp3) is 0.294. The second-order valence-electron chi connectivity index (χ2n) is 4.96. The maximum atomic E-state index is 12.5. The van der Waals surface area contributed by atoms with Crippen LogP contribution in [0.5, 0.6) is 0 Å². The van der Waals surface area contributed by atoms with E-state index < -0.39 is 0 Å². The molecule has 1 aromatic heterocycles. The number of carbonyl (C=O) groups is 1. The highest BCUT2D eigenvalue weighted by atomic mass is 35.5. The van der Waals surface area contributed by atoms with Crippen molar-refractivity contribution in [1.29, 1.82) is 0 Å². The minimum absolute atomic E-state index is 0. The molecule has 0 aliphatic rings. The van der Waals surface area contributed by atoms with Gasteiger partial charge in [0.05, 0.1) is 11.7 Å². The SMILES string of the molecule is CNCCc1ccccc1C(=O)NC(C)c1ccccn1.Cl. The van der Waals surface area contributed by atoms with Crippen molar-refractivity contribution >= 4 is 18.3 Å². The largest absolute Gasteiger partial charge is 0.344 e. The van der Waals surface area contributed by atoms with Crippen LogP contribution in [0.25, 0.3) is 0 Å². The Kier molecular flexibility index (Phi) is 7.57. The van der Waals surface area contributed by atoms with Gasteiger partial charge >= 0.3 is 0 Å². The van der Waals surface area contributed by atoms with Gasteiger partial charge in [-0.05, 0) is 50.7 Å². The van der Waals surface area contributed by atoms with Gasteiger partial charge in [0.2, 0.25) is 0 Å². The summed E-state index contributed by atoms with van der Waals surface area (Å²) in [6, 6.07) is 13.3. The predicted octanol–water partition coefficient (Wildman–Crippen LogP) is 2.76. The van der Waals surface area contributed by atoms with Crippen molar-refractivity contribution in [3.63, 3.8) is 0 Å². The highest BCUT2D eigenvalue weighted by molar-refractivity contribution is 5.95. The molecule has 2 aromatic rings. The highest BCUT2D eigenvalue weighted by Crippen LogP contribution is 2.13. The third-order valence-corrected chi connectivity index (χ3v) is 3.39. The zero-order valence-corrected chi connectivity index (χ0v) is 13.7. The molecule has 0 radical (unpaired) electrons. The molecule has 0 saturated carbocycles. The fourth-order valence-electron chi connectivity index (χ4n) is 2.20. The summed E-state index contributed by atoms with van der Waals surface area (Å²) in [5, 5.41) is 6.11. The van der Waals surface area contributed by atoms with Gasteiger partial charge in [0.25, 0.3) is 5.91 Å². The molecule has 1 heterocycles. The van der Waals surface area contributed by atoms with Gasteiger partial charge in [0.15, 0.2) is 0 Å². The molecule has 0 aliphatic heterocycles. The minimum atomic E-state index is -0.115. The number of amides is 1. The van der Waals surface area contributed by atoms with Crippen LogP contribution in [-0.2, 0) is 6.42 Å². The van der Waals surface area contributed by atoms with Crippen molar-refractivity contribution in [2.45, 2.75) is 19.4 Å². The molecule has 0 fully saturated rings. The molecule has 2 rings (SSSR count). The molecule has 1 amide bonds. The van der Waals surface area contributed by atoms with Crippen LogP contribution in [-0.4, -0.2) is 24.5 Å². The van der Waals surface area contributed by atoms with E-state index in [0.717, 1.165) is 29.8 Å². The van der Waals surface area contributed by atoms with Crippen molar-refractivity contribution in [3.8, 4) is 0 Å². The Labute approximate surface area is 137 Å². The van der Waals surface area contributed by atoms with Crippen molar-refractivity contribution in [2.75, 3.05) is 13.6 Å². The maximum Gasteiger partial charge on any atom is 0.252 e. The number of hydrogen-bond acceptors (Lipinski definition) is 3. The standard InChI is InChI=1S/C17H21N3O.ClH/c1-13(16-9-5-6-11-19-16)20-17(21)15-8-4-3-7-14(15)10-12-18-2;/h3-9,11,13,18H,10,12H2,1-2H3,(H,20,21);1H. The molecule has 0 spiro atoms. The lowest BCUT2D eigenvalue weighted by atomic mass is 10.0. The highest BCUT2D eigenvalue weighted by Gasteiger charge is 2.14. The molecule has 2 N–H and O–H groups in total. The quantitative estimate of drug-likeness (QED) is 0.861. The normalized spacial score (nSPS) is 11.4. The number of carbonyl (C=O) groups excluding carboxylic acids is 1. The number of likely N-dealkylation sites (N-methyl/N-ethyl adjacent to an activating group) is 1. The molecule has 0 bridgehead atoms. The van der Waals surface area contributed by atoms with E-state index in [1.807, 2.05) is 56.4 Å². The summed E-state index contributed by atoms with van der Waals surface area (Å²) < 4.78 is 0. The first-order valence-corrected chi connectivity index (χ1v) is 7.16. The van der Waals surface area contributed by atoms with Crippen LogP contribution in [0.3, 0.4) is 0 Å². The van der Waals surface area contributed by atoms with Crippen LogP contribution in [0.15, 0.2) is 48.7 Å². The van der Waals surface area contributed by atoms with Crippen LogP contribution >= 0.6 is 12.4 Å². The van der Waals surface area contributed by atoms with E-state index >= 15 is 0 Å². The summed E-state index contributed by atoms with van der Waals surface area (Å²) in [5.41, 5.74) is 2.65. The third kappa shape index (κ3) is 4.83. The number of halogens is 1. The number of hydrogen-bond donors (Lipinski definition) is 2. The van der Waals surface area contributed by atoms with E-state index in [2.05, 4.69) is 15.6 Å². The molecule has 118 valence electrons. The number of nitrogens with zero attached hydrogens (tertiary/aromatic N) is 1. The minimum Gasteiger partial charge on any atom is -0.344 e. The smallest absolute Gasteiger partial charge is 0.252 e. The Balaban J connectivity index is 0.00000242. The molecule has 5 heteroatoms. The first kappa shape index (κ1) is 18.1. The molecule has 1 aromatic carbocycles. The molecule has 0 saturated heterocycles. The zero-order chi connectivity index (χ0) is 15.1. The van der Waals surface area contributed by atoms with Gasteiger partial charge in [0.1, 0.15) is 0 Å². The van der Waals surface area contributed by atoms with Gasteiger partial charge in [-0.3, -0.25) is 9.78 Å². The molecule has 4 nitrogen and oxygen atoms in total. The average Bonchev–Trinajstić information content (AvgIpc) is 2.54. The van der Waals surface area contributed by atoms with E-state index in [9.17, 15) is 4.79 Å². The Hall–Kier alpha value is -1.91. The van der Waals surface area contributed by atoms with Gasteiger partial charge < -0.3 is 10.6 Å². The summed E-state index contributed by atoms with van der Waals surface area (Å²) in [4.78, 5) is 16.7. The first-order chi connectivity index (χ1) is 10.2. The maximum absolute atomic E-state index is 12.5. The zero-order valence-electron chi connectivity index (χ0n) is 12.9. The van der Waals surface area contributed by atoms with Crippen molar-refractivity contribution in [1.82, 2.24) is 15.6 Å². The summed E-state index contributed by atoms with van der Waals surface area (Å²) in [7, 11) is 1.91. The van der Waals surface area contributed by atoms with E-state index in [1.54, 1.807) is 6.20 Å². The van der Waals surface area contributed by atoms with Crippen molar-refractivity contribution in [2.24, 2.45) is 0 Å². The van der Waals surface area contributed by atoms with Crippen molar-refractivity contribution in [3.05, 3.63) is 65.5 Å². The predicted molar refractivity (Wildman–Crippen MR) is 91.4 cm³/mol. The first-order valence-electron chi connectivity index (χ1n) is 7.16. The number of nitrogens with one attached hydrogen (secondary N) is 2. The lowest BCUT2D eigenvalue weighted by Crippen LogP contribution is -2.28. The van der Waals surface area contributed by atoms with E-state index in [-0.39, 0.29) is 24.4 Å². The fourth-order valence-corrected chi connectivity index (χ4v) is 2.20. The lowest BCUT2D eigenvalue weighted by Gasteiger charge is -2.15. The van der Waals surface area contributed by atoms with Crippen LogP contribution in [0, 0.1) is 0 Å². The van der Waals surface area contributed by atoms with Crippen LogP contribution in [0.2, 0.25) is 0 Å². The number of aromatic nitrogens is 1. The van der Waals surface area contributed by atoms with Gasteiger partial charge in [0, 0.05) is 11.8 Å². The summed E-state index contributed by atoms with van der Waals surface area (Å²) >= 11 is 0. The molecular formula is C17H22ClN3O. The van der Waals surface area contributed by atoms with E-state index in [0.29, 0.717) is 0 Å². The number of pyridine rings is 1. The topological polar surface area (TPSA) is 54.0 Å². The van der Waals surface area contributed by atoms with Crippen LogP contribution < -0.4 is 10.6 Å². The van der Waals surface area contributed by atoms with Gasteiger partial charge in [-0.15, -0.1) is 12.4 Å². The van der Waals surface area contributed by atoms with Crippen LogP contribution in [0.1, 0.15) is 34.6 Å². The summed E-state index contributed by atoms with van der Waals surface area (Å²) in [5.74, 6) is -0.0557. The van der Waals surface area contributed by atoms with Crippen LogP contribution in [0.4, 0.5) is 0 Å². The lowest BCUT2D eigenvalue weighted by molar-refractivity contribution is 0.0938. The second kappa shape index (κ2) is 9.18. The van der Waals surface area contributed by atoms with E-state index in [1.165, 1.54) is 0 Å².